The molecule has 0 spiro atoms. The molecule has 2 rings (SSSR count). The van der Waals surface area contributed by atoms with Crippen LogP contribution >= 0.6 is 11.6 Å². The average molecular weight is 361 g/mol. The van der Waals surface area contributed by atoms with E-state index in [4.69, 9.17) is 11.6 Å². The number of rotatable bonds is 6. The van der Waals surface area contributed by atoms with Crippen LogP contribution in [0.2, 0.25) is 5.02 Å². The molecule has 2 N–H and O–H groups in total. The molecule has 0 bridgehead atoms. The molecule has 4 nitrogen and oxygen atoms in total. The minimum Gasteiger partial charge on any atom is -0.354 e. The third kappa shape index (κ3) is 3.64. The molecule has 0 aliphatic heterocycles. The Balaban J connectivity index is 2.40. The number of aromatic nitrogens is 1. The predicted molar refractivity (Wildman–Crippen MR) is 101 cm³/mol. The Bertz CT molecular complexity index is 787. The third-order valence-electron chi connectivity index (χ3n) is 4.97. The highest BCUT2D eigenvalue weighted by atomic mass is 35.5. The van der Waals surface area contributed by atoms with Gasteiger partial charge in [-0.05, 0) is 56.9 Å². The van der Waals surface area contributed by atoms with E-state index in [1.807, 2.05) is 45.0 Å². The van der Waals surface area contributed by atoms with E-state index in [-0.39, 0.29) is 11.7 Å². The largest absolute Gasteiger partial charge is 0.354 e. The molecule has 0 unspecified atom stereocenters. The number of H-pyrrole nitrogens is 1. The molecule has 5 heteroatoms. The molecule has 0 saturated carbocycles. The van der Waals surface area contributed by atoms with Crippen LogP contribution in [0, 0.1) is 13.8 Å². The summed E-state index contributed by atoms with van der Waals surface area (Å²) in [6.07, 6.45) is 1.49. The highest BCUT2D eigenvalue weighted by Gasteiger charge is 2.32. The highest BCUT2D eigenvalue weighted by molar-refractivity contribution is 6.30. The van der Waals surface area contributed by atoms with Crippen molar-refractivity contribution < 1.29 is 9.59 Å². The van der Waals surface area contributed by atoms with Crippen molar-refractivity contribution in [3.05, 3.63) is 57.4 Å². The van der Waals surface area contributed by atoms with Crippen LogP contribution in [0.25, 0.3) is 0 Å². The lowest BCUT2D eigenvalue weighted by Crippen LogP contribution is -2.45. The van der Waals surface area contributed by atoms with Crippen LogP contribution in [-0.2, 0) is 5.54 Å². The summed E-state index contributed by atoms with van der Waals surface area (Å²) in [5.74, 6) is -0.244. The molecular weight excluding hydrogens is 336 g/mol. The summed E-state index contributed by atoms with van der Waals surface area (Å²) in [7, 11) is 0. The fraction of sp³-hybridized carbons (Fsp3) is 0.400. The second kappa shape index (κ2) is 7.44. The number of aryl methyl sites for hydroxylation is 1. The van der Waals surface area contributed by atoms with Crippen molar-refractivity contribution in [2.75, 3.05) is 0 Å². The summed E-state index contributed by atoms with van der Waals surface area (Å²) in [6.45, 7) is 9.23. The van der Waals surface area contributed by atoms with Crippen molar-refractivity contribution in [3.63, 3.8) is 0 Å². The van der Waals surface area contributed by atoms with Gasteiger partial charge < -0.3 is 10.3 Å². The first-order valence-corrected chi connectivity index (χ1v) is 8.92. The van der Waals surface area contributed by atoms with Gasteiger partial charge in [0.05, 0.1) is 5.54 Å². The summed E-state index contributed by atoms with van der Waals surface area (Å²) in [5, 5.41) is 3.84. The number of amides is 1. The Morgan fingerprint density at radius 1 is 1.12 bits per heavy atom. The van der Waals surface area contributed by atoms with Gasteiger partial charge in [-0.1, -0.05) is 37.6 Å². The summed E-state index contributed by atoms with van der Waals surface area (Å²) in [4.78, 5) is 27.8. The zero-order valence-corrected chi connectivity index (χ0v) is 16.2. The topological polar surface area (TPSA) is 62.0 Å². The lowest BCUT2D eigenvalue weighted by molar-refractivity contribution is 0.0884. The average Bonchev–Trinajstić information content (AvgIpc) is 2.88. The van der Waals surface area contributed by atoms with Gasteiger partial charge in [-0.15, -0.1) is 0 Å². The summed E-state index contributed by atoms with van der Waals surface area (Å²) in [5.41, 5.74) is 2.99. The first-order chi connectivity index (χ1) is 11.8. The lowest BCUT2D eigenvalue weighted by Gasteiger charge is -2.33. The second-order valence-electron chi connectivity index (χ2n) is 6.43. The predicted octanol–water partition coefficient (Wildman–Crippen LogP) is 4.93. The molecule has 2 aromatic rings. The standard InChI is InChI=1S/C20H25ClN2O2/c1-6-20(7-2,15-8-10-16(21)11-9-15)23-19(25)18-12(3)17(14(5)24)13(4)22-18/h8-11,22H,6-7H2,1-5H3,(H,23,25). The molecule has 1 aromatic carbocycles. The van der Waals surface area contributed by atoms with Gasteiger partial charge in [0, 0.05) is 16.3 Å². The molecule has 0 radical (unpaired) electrons. The molecule has 1 heterocycles. The maximum atomic E-state index is 12.9. The molecule has 0 aliphatic rings. The van der Waals surface area contributed by atoms with Crippen molar-refractivity contribution in [1.82, 2.24) is 10.3 Å². The maximum absolute atomic E-state index is 12.9. The normalized spacial score (nSPS) is 11.4. The Kier molecular flexibility index (Phi) is 5.73. The smallest absolute Gasteiger partial charge is 0.268 e. The van der Waals surface area contributed by atoms with Crippen molar-refractivity contribution in [3.8, 4) is 0 Å². The van der Waals surface area contributed by atoms with E-state index in [9.17, 15) is 9.59 Å². The molecule has 134 valence electrons. The third-order valence-corrected chi connectivity index (χ3v) is 5.23. The van der Waals surface area contributed by atoms with Gasteiger partial charge in [-0.3, -0.25) is 9.59 Å². The second-order valence-corrected chi connectivity index (χ2v) is 6.87. The van der Waals surface area contributed by atoms with Gasteiger partial charge in [0.25, 0.3) is 5.91 Å². The molecule has 0 aliphatic carbocycles. The van der Waals surface area contributed by atoms with Crippen LogP contribution in [0.3, 0.4) is 0 Å². The van der Waals surface area contributed by atoms with Gasteiger partial charge in [0.2, 0.25) is 0 Å². The minimum absolute atomic E-state index is 0.0414. The van der Waals surface area contributed by atoms with Crippen molar-refractivity contribution >= 4 is 23.3 Å². The molecule has 0 saturated heterocycles. The van der Waals surface area contributed by atoms with Crippen LogP contribution in [0.15, 0.2) is 24.3 Å². The number of aromatic amines is 1. The highest BCUT2D eigenvalue weighted by Crippen LogP contribution is 2.30. The van der Waals surface area contributed by atoms with E-state index in [2.05, 4.69) is 10.3 Å². The van der Waals surface area contributed by atoms with Crippen LogP contribution in [-0.4, -0.2) is 16.7 Å². The maximum Gasteiger partial charge on any atom is 0.268 e. The van der Waals surface area contributed by atoms with Gasteiger partial charge in [-0.25, -0.2) is 0 Å². The number of Topliss-reactive ketones (excluding diaryl/α,β-unsaturated/α-hetero) is 1. The van der Waals surface area contributed by atoms with E-state index in [0.717, 1.165) is 24.1 Å². The molecule has 25 heavy (non-hydrogen) atoms. The zero-order valence-electron chi connectivity index (χ0n) is 15.4. The van der Waals surface area contributed by atoms with Crippen molar-refractivity contribution in [2.45, 2.75) is 53.0 Å². The van der Waals surface area contributed by atoms with Crippen LogP contribution in [0.1, 0.15) is 71.3 Å². The van der Waals surface area contributed by atoms with Gasteiger partial charge >= 0.3 is 0 Å². The minimum atomic E-state index is -0.483. The van der Waals surface area contributed by atoms with E-state index < -0.39 is 5.54 Å². The monoisotopic (exact) mass is 360 g/mol. The SMILES string of the molecule is CCC(CC)(NC(=O)c1[nH]c(C)c(C(C)=O)c1C)c1ccc(Cl)cc1. The Labute approximate surface area is 154 Å². The number of carbonyl (C=O) groups excluding carboxylic acids is 2. The quantitative estimate of drug-likeness (QED) is 0.717. The number of benzene rings is 1. The van der Waals surface area contributed by atoms with Crippen molar-refractivity contribution in [1.29, 1.82) is 0 Å². The van der Waals surface area contributed by atoms with Crippen LogP contribution in [0.5, 0.6) is 0 Å². The van der Waals surface area contributed by atoms with Crippen LogP contribution in [0.4, 0.5) is 0 Å². The van der Waals surface area contributed by atoms with E-state index >= 15 is 0 Å². The Morgan fingerprint density at radius 2 is 1.68 bits per heavy atom. The van der Waals surface area contributed by atoms with Gasteiger partial charge in [0.1, 0.15) is 5.69 Å². The van der Waals surface area contributed by atoms with Gasteiger partial charge in [0.15, 0.2) is 5.78 Å². The zero-order chi connectivity index (χ0) is 18.8. The lowest BCUT2D eigenvalue weighted by atomic mass is 9.84. The summed E-state index contributed by atoms with van der Waals surface area (Å²) < 4.78 is 0. The number of hydrogen-bond donors (Lipinski definition) is 2. The molecule has 0 atom stereocenters. The summed E-state index contributed by atoms with van der Waals surface area (Å²) >= 11 is 6.00. The molecule has 0 fully saturated rings. The number of ketones is 1. The first kappa shape index (κ1) is 19.3. The Hall–Kier alpha value is -2.07. The van der Waals surface area contributed by atoms with E-state index in [1.165, 1.54) is 6.92 Å². The van der Waals surface area contributed by atoms with E-state index in [0.29, 0.717) is 21.8 Å². The number of halogens is 1. The number of hydrogen-bond acceptors (Lipinski definition) is 2. The number of carbonyl (C=O) groups is 2. The molecular formula is C20H25ClN2O2. The summed E-state index contributed by atoms with van der Waals surface area (Å²) in [6, 6.07) is 7.56. The van der Waals surface area contributed by atoms with Crippen LogP contribution < -0.4 is 5.32 Å². The fourth-order valence-electron chi connectivity index (χ4n) is 3.46. The molecule has 1 amide bonds. The van der Waals surface area contributed by atoms with Crippen molar-refractivity contribution in [2.24, 2.45) is 0 Å². The fourth-order valence-corrected chi connectivity index (χ4v) is 3.59. The number of nitrogens with one attached hydrogen (secondary N) is 2. The first-order valence-electron chi connectivity index (χ1n) is 8.54. The molecule has 1 aromatic heterocycles. The van der Waals surface area contributed by atoms with E-state index in [1.54, 1.807) is 6.92 Å². The van der Waals surface area contributed by atoms with Gasteiger partial charge in [-0.2, -0.15) is 0 Å². The Morgan fingerprint density at radius 3 is 2.12 bits per heavy atom.